The number of benzene rings is 2. The highest BCUT2D eigenvalue weighted by Gasteiger charge is 2.28. The molecule has 0 radical (unpaired) electrons. The molecule has 158 valence electrons. The summed E-state index contributed by atoms with van der Waals surface area (Å²) in [6, 6.07) is 11.9. The van der Waals surface area contributed by atoms with Crippen molar-refractivity contribution in [3.8, 4) is 17.2 Å². The summed E-state index contributed by atoms with van der Waals surface area (Å²) in [4.78, 5) is 21.7. The van der Waals surface area contributed by atoms with E-state index in [1.54, 1.807) is 7.11 Å². The predicted molar refractivity (Wildman–Crippen MR) is 118 cm³/mol. The molecule has 6 nitrogen and oxygen atoms in total. The van der Waals surface area contributed by atoms with Crippen LogP contribution in [0.2, 0.25) is 0 Å². The van der Waals surface area contributed by atoms with Crippen LogP contribution in [0.1, 0.15) is 31.4 Å². The van der Waals surface area contributed by atoms with Crippen LogP contribution >= 0.6 is 0 Å². The van der Waals surface area contributed by atoms with Crippen LogP contribution in [0.4, 0.5) is 5.69 Å². The first-order chi connectivity index (χ1) is 14.4. The third-order valence-corrected chi connectivity index (χ3v) is 5.50. The molecule has 2 aromatic carbocycles. The van der Waals surface area contributed by atoms with Gasteiger partial charge in [-0.1, -0.05) is 19.9 Å². The number of piperazine rings is 1. The number of amidine groups is 1. The molecule has 0 spiro atoms. The highest BCUT2D eigenvalue weighted by Crippen LogP contribution is 2.40. The van der Waals surface area contributed by atoms with E-state index < -0.39 is 0 Å². The van der Waals surface area contributed by atoms with Gasteiger partial charge in [0.1, 0.15) is 23.0 Å². The van der Waals surface area contributed by atoms with Crippen LogP contribution in [0.3, 0.4) is 0 Å². The summed E-state index contributed by atoms with van der Waals surface area (Å²) in [6.07, 6.45) is 0.599. The summed E-state index contributed by atoms with van der Waals surface area (Å²) in [5.74, 6) is 3.75. The summed E-state index contributed by atoms with van der Waals surface area (Å²) in [5, 5.41) is 0. The SMILES string of the molecule is COc1ccc2c(c1)C(N1CCN(C(=O)CC(C)C)CC1)=Nc1ccc(C)cc1O2. The molecule has 0 aliphatic carbocycles. The lowest BCUT2D eigenvalue weighted by Gasteiger charge is -2.37. The molecule has 0 atom stereocenters. The third kappa shape index (κ3) is 4.13. The molecular weight excluding hydrogens is 378 g/mol. The molecular formula is C24H29N3O3. The minimum absolute atomic E-state index is 0.235. The number of ether oxygens (including phenoxy) is 2. The molecule has 30 heavy (non-hydrogen) atoms. The second kappa shape index (κ2) is 8.38. The molecule has 0 aromatic heterocycles. The van der Waals surface area contributed by atoms with E-state index in [0.29, 0.717) is 25.4 Å². The van der Waals surface area contributed by atoms with E-state index in [0.717, 1.165) is 53.0 Å². The Balaban J connectivity index is 1.66. The van der Waals surface area contributed by atoms with Crippen molar-refractivity contribution >= 4 is 17.4 Å². The Labute approximate surface area is 178 Å². The van der Waals surface area contributed by atoms with Gasteiger partial charge >= 0.3 is 0 Å². The molecule has 0 bridgehead atoms. The molecule has 2 aliphatic rings. The van der Waals surface area contributed by atoms with E-state index in [9.17, 15) is 4.79 Å². The molecule has 1 amide bonds. The van der Waals surface area contributed by atoms with Gasteiger partial charge in [-0.15, -0.1) is 0 Å². The van der Waals surface area contributed by atoms with Crippen LogP contribution in [-0.4, -0.2) is 54.8 Å². The largest absolute Gasteiger partial charge is 0.497 e. The van der Waals surface area contributed by atoms with Crippen LogP contribution in [0.15, 0.2) is 41.4 Å². The first kappa shape index (κ1) is 20.3. The molecule has 0 N–H and O–H groups in total. The third-order valence-electron chi connectivity index (χ3n) is 5.50. The van der Waals surface area contributed by atoms with Crippen LogP contribution in [0.5, 0.6) is 17.2 Å². The van der Waals surface area contributed by atoms with Crippen molar-refractivity contribution in [2.45, 2.75) is 27.2 Å². The van der Waals surface area contributed by atoms with Gasteiger partial charge in [-0.3, -0.25) is 4.79 Å². The number of aryl methyl sites for hydroxylation is 1. The van der Waals surface area contributed by atoms with Gasteiger partial charge in [-0.25, -0.2) is 4.99 Å². The lowest BCUT2D eigenvalue weighted by atomic mass is 10.1. The van der Waals surface area contributed by atoms with Crippen molar-refractivity contribution in [1.29, 1.82) is 0 Å². The minimum atomic E-state index is 0.235. The monoisotopic (exact) mass is 407 g/mol. The highest BCUT2D eigenvalue weighted by atomic mass is 16.5. The van der Waals surface area contributed by atoms with E-state index in [1.165, 1.54) is 0 Å². The van der Waals surface area contributed by atoms with Crippen LogP contribution in [0, 0.1) is 12.8 Å². The predicted octanol–water partition coefficient (Wildman–Crippen LogP) is 4.38. The number of aliphatic imine (C=N–C) groups is 1. The maximum absolute atomic E-state index is 12.5. The average molecular weight is 408 g/mol. The van der Waals surface area contributed by atoms with E-state index in [2.05, 4.69) is 18.7 Å². The summed E-state index contributed by atoms with van der Waals surface area (Å²) < 4.78 is 11.7. The van der Waals surface area contributed by atoms with Crippen LogP contribution in [-0.2, 0) is 4.79 Å². The van der Waals surface area contributed by atoms with Crippen molar-refractivity contribution in [2.75, 3.05) is 33.3 Å². The number of hydrogen-bond acceptors (Lipinski definition) is 5. The maximum atomic E-state index is 12.5. The number of nitrogens with zero attached hydrogens (tertiary/aromatic N) is 3. The van der Waals surface area contributed by atoms with Crippen molar-refractivity contribution in [3.05, 3.63) is 47.5 Å². The van der Waals surface area contributed by atoms with E-state index in [1.807, 2.05) is 48.2 Å². The quantitative estimate of drug-likeness (QED) is 0.758. The smallest absolute Gasteiger partial charge is 0.222 e. The fourth-order valence-corrected chi connectivity index (χ4v) is 3.88. The lowest BCUT2D eigenvalue weighted by molar-refractivity contribution is -0.133. The fourth-order valence-electron chi connectivity index (χ4n) is 3.88. The van der Waals surface area contributed by atoms with Crippen LogP contribution < -0.4 is 9.47 Å². The average Bonchev–Trinajstić information content (AvgIpc) is 2.89. The van der Waals surface area contributed by atoms with E-state index >= 15 is 0 Å². The van der Waals surface area contributed by atoms with Gasteiger partial charge in [-0.2, -0.15) is 0 Å². The maximum Gasteiger partial charge on any atom is 0.222 e. The topological polar surface area (TPSA) is 54.4 Å². The molecule has 0 saturated carbocycles. The number of methoxy groups -OCH3 is 1. The molecule has 1 saturated heterocycles. The van der Waals surface area contributed by atoms with Gasteiger partial charge in [0.2, 0.25) is 5.91 Å². The van der Waals surface area contributed by atoms with Crippen molar-refractivity contribution in [1.82, 2.24) is 9.80 Å². The summed E-state index contributed by atoms with van der Waals surface area (Å²) in [7, 11) is 1.66. The molecule has 1 fully saturated rings. The zero-order valence-corrected chi connectivity index (χ0v) is 18.1. The molecule has 2 aliphatic heterocycles. The summed E-state index contributed by atoms with van der Waals surface area (Å²) in [6.45, 7) is 9.08. The normalized spacial score (nSPS) is 15.7. The van der Waals surface area contributed by atoms with E-state index in [4.69, 9.17) is 14.5 Å². The Kier molecular flexibility index (Phi) is 5.66. The summed E-state index contributed by atoms with van der Waals surface area (Å²) in [5.41, 5.74) is 2.84. The standard InChI is InChI=1S/C24H29N3O3/c1-16(2)13-23(28)26-9-11-27(12-10-26)24-19-15-18(29-4)6-8-21(19)30-22-14-17(3)5-7-20(22)25-24/h5-8,14-16H,9-13H2,1-4H3. The Morgan fingerprint density at radius 2 is 1.87 bits per heavy atom. The zero-order valence-electron chi connectivity index (χ0n) is 18.1. The molecule has 2 aromatic rings. The van der Waals surface area contributed by atoms with Gasteiger partial charge in [-0.05, 0) is 48.7 Å². The Morgan fingerprint density at radius 1 is 1.10 bits per heavy atom. The van der Waals surface area contributed by atoms with Crippen molar-refractivity contribution in [2.24, 2.45) is 10.9 Å². The van der Waals surface area contributed by atoms with Gasteiger partial charge < -0.3 is 19.3 Å². The molecule has 0 unspecified atom stereocenters. The second-order valence-corrected chi connectivity index (χ2v) is 8.34. The highest BCUT2D eigenvalue weighted by molar-refractivity contribution is 6.04. The van der Waals surface area contributed by atoms with Gasteiger partial charge in [0.15, 0.2) is 5.75 Å². The first-order valence-corrected chi connectivity index (χ1v) is 10.5. The van der Waals surface area contributed by atoms with Crippen molar-refractivity contribution in [3.63, 3.8) is 0 Å². The zero-order chi connectivity index (χ0) is 21.3. The Bertz CT molecular complexity index is 976. The van der Waals surface area contributed by atoms with Gasteiger partial charge in [0.05, 0.1) is 12.7 Å². The number of carbonyl (C=O) groups is 1. The number of carbonyl (C=O) groups excluding carboxylic acids is 1. The lowest BCUT2D eigenvalue weighted by Crippen LogP contribution is -2.51. The van der Waals surface area contributed by atoms with Crippen LogP contribution in [0.25, 0.3) is 0 Å². The number of fused-ring (bicyclic) bond motifs is 2. The van der Waals surface area contributed by atoms with Gasteiger partial charge in [0, 0.05) is 32.6 Å². The second-order valence-electron chi connectivity index (χ2n) is 8.34. The molecule has 2 heterocycles. The molecule has 6 heteroatoms. The van der Waals surface area contributed by atoms with Crippen molar-refractivity contribution < 1.29 is 14.3 Å². The number of rotatable bonds is 3. The minimum Gasteiger partial charge on any atom is -0.497 e. The first-order valence-electron chi connectivity index (χ1n) is 10.5. The molecule has 4 rings (SSSR count). The summed E-state index contributed by atoms with van der Waals surface area (Å²) >= 11 is 0. The van der Waals surface area contributed by atoms with Gasteiger partial charge in [0.25, 0.3) is 0 Å². The fraction of sp³-hybridized carbons (Fsp3) is 0.417. The number of hydrogen-bond donors (Lipinski definition) is 0. The Hall–Kier alpha value is -3.02. The Morgan fingerprint density at radius 3 is 2.57 bits per heavy atom. The van der Waals surface area contributed by atoms with E-state index in [-0.39, 0.29) is 5.91 Å². The number of amides is 1.